The molecule has 1 aromatic heterocycles. The molecule has 0 unspecified atom stereocenters. The molecule has 0 fully saturated rings. The van der Waals surface area contributed by atoms with Crippen molar-refractivity contribution in [1.29, 1.82) is 0 Å². The molecule has 1 heterocycles. The van der Waals surface area contributed by atoms with E-state index in [0.717, 1.165) is 11.3 Å². The lowest BCUT2D eigenvalue weighted by Crippen LogP contribution is -2.23. The third-order valence-corrected chi connectivity index (χ3v) is 3.88. The average molecular weight is 350 g/mol. The monoisotopic (exact) mass is 350 g/mol. The van der Waals surface area contributed by atoms with E-state index in [1.807, 2.05) is 30.3 Å². The number of aromatic nitrogens is 2. The van der Waals surface area contributed by atoms with Crippen LogP contribution < -0.4 is 11.1 Å². The summed E-state index contributed by atoms with van der Waals surface area (Å²) >= 11 is 0. The molecule has 7 nitrogen and oxygen atoms in total. The van der Waals surface area contributed by atoms with Crippen LogP contribution in [0.25, 0.3) is 5.69 Å². The van der Waals surface area contributed by atoms with Crippen LogP contribution in [0.4, 0.5) is 5.82 Å². The van der Waals surface area contributed by atoms with E-state index in [4.69, 9.17) is 5.73 Å². The molecule has 0 aliphatic rings. The highest BCUT2D eigenvalue weighted by atomic mass is 16.5. The summed E-state index contributed by atoms with van der Waals surface area (Å²) in [5.74, 6) is -0.446. The Balaban J connectivity index is 1.67. The number of benzene rings is 2. The standard InChI is InChI=1S/C19H18N4O3/c1-26-19(25)14-9-7-13(8-10-14)11-21-18(24)16-12-22-23(17(16)20)15-5-3-2-4-6-15/h2-10,12H,11,20H2,1H3,(H,21,24). The molecule has 0 radical (unpaired) electrons. The summed E-state index contributed by atoms with van der Waals surface area (Å²) < 4.78 is 6.17. The molecule has 3 N–H and O–H groups in total. The minimum Gasteiger partial charge on any atom is -0.465 e. The Labute approximate surface area is 150 Å². The Hall–Kier alpha value is -3.61. The summed E-state index contributed by atoms with van der Waals surface area (Å²) in [5.41, 5.74) is 8.45. The lowest BCUT2D eigenvalue weighted by atomic mass is 10.1. The highest BCUT2D eigenvalue weighted by molar-refractivity contribution is 5.98. The first kappa shape index (κ1) is 17.2. The van der Waals surface area contributed by atoms with E-state index < -0.39 is 5.97 Å². The third-order valence-electron chi connectivity index (χ3n) is 3.88. The number of nitrogens with two attached hydrogens (primary N) is 1. The summed E-state index contributed by atoms with van der Waals surface area (Å²) in [5, 5.41) is 6.98. The van der Waals surface area contributed by atoms with Crippen LogP contribution in [-0.2, 0) is 11.3 Å². The number of amides is 1. The van der Waals surface area contributed by atoms with Gasteiger partial charge in [0.05, 0.1) is 24.6 Å². The molecule has 26 heavy (non-hydrogen) atoms. The van der Waals surface area contributed by atoms with Crippen LogP contribution in [0.1, 0.15) is 26.3 Å². The van der Waals surface area contributed by atoms with Gasteiger partial charge in [-0.25, -0.2) is 9.48 Å². The van der Waals surface area contributed by atoms with Gasteiger partial charge in [-0.1, -0.05) is 30.3 Å². The molecule has 0 atom stereocenters. The minimum atomic E-state index is -0.401. The number of para-hydroxylation sites is 1. The van der Waals surface area contributed by atoms with E-state index in [1.165, 1.54) is 18.0 Å². The summed E-state index contributed by atoms with van der Waals surface area (Å²) in [4.78, 5) is 23.8. The molecule has 0 bridgehead atoms. The van der Waals surface area contributed by atoms with Gasteiger partial charge in [0.25, 0.3) is 5.91 Å². The zero-order chi connectivity index (χ0) is 18.5. The maximum Gasteiger partial charge on any atom is 0.337 e. The molecule has 1 amide bonds. The van der Waals surface area contributed by atoms with Gasteiger partial charge >= 0.3 is 5.97 Å². The molecular formula is C19H18N4O3. The second-order valence-corrected chi connectivity index (χ2v) is 5.56. The van der Waals surface area contributed by atoms with Gasteiger partial charge in [-0.15, -0.1) is 0 Å². The van der Waals surface area contributed by atoms with E-state index in [9.17, 15) is 9.59 Å². The summed E-state index contributed by atoms with van der Waals surface area (Å²) in [6, 6.07) is 16.1. The quantitative estimate of drug-likeness (QED) is 0.687. The van der Waals surface area contributed by atoms with Crippen LogP contribution in [0, 0.1) is 0 Å². The molecule has 0 spiro atoms. The van der Waals surface area contributed by atoms with E-state index in [-0.39, 0.29) is 11.7 Å². The van der Waals surface area contributed by atoms with Crippen LogP contribution in [0.15, 0.2) is 60.8 Å². The number of methoxy groups -OCH3 is 1. The van der Waals surface area contributed by atoms with Gasteiger partial charge in [-0.2, -0.15) is 5.10 Å². The van der Waals surface area contributed by atoms with E-state index in [2.05, 4.69) is 15.2 Å². The second-order valence-electron chi connectivity index (χ2n) is 5.56. The van der Waals surface area contributed by atoms with Crippen molar-refractivity contribution in [2.24, 2.45) is 0 Å². The summed E-state index contributed by atoms with van der Waals surface area (Å²) in [7, 11) is 1.33. The van der Waals surface area contributed by atoms with Gasteiger partial charge in [-0.3, -0.25) is 4.79 Å². The number of carbonyl (C=O) groups excluding carboxylic acids is 2. The van der Waals surface area contributed by atoms with Gasteiger partial charge in [-0.05, 0) is 29.8 Å². The van der Waals surface area contributed by atoms with Gasteiger partial charge in [0.2, 0.25) is 0 Å². The zero-order valence-electron chi connectivity index (χ0n) is 14.2. The van der Waals surface area contributed by atoms with Gasteiger partial charge < -0.3 is 15.8 Å². The number of ether oxygens (including phenoxy) is 1. The summed E-state index contributed by atoms with van der Waals surface area (Å²) in [6.45, 7) is 0.302. The Kier molecular flexibility index (Phi) is 4.98. The van der Waals surface area contributed by atoms with Gasteiger partial charge in [0.1, 0.15) is 11.4 Å². The lowest BCUT2D eigenvalue weighted by molar-refractivity contribution is 0.0600. The number of nitrogens with zero attached hydrogens (tertiary/aromatic N) is 2. The fourth-order valence-electron chi connectivity index (χ4n) is 2.46. The molecule has 0 aliphatic heterocycles. The van der Waals surface area contributed by atoms with E-state index in [1.54, 1.807) is 24.3 Å². The maximum absolute atomic E-state index is 12.4. The third kappa shape index (κ3) is 3.56. The van der Waals surface area contributed by atoms with Crippen molar-refractivity contribution in [3.63, 3.8) is 0 Å². The first-order chi connectivity index (χ1) is 12.6. The summed E-state index contributed by atoms with van der Waals surface area (Å²) in [6.07, 6.45) is 1.44. The van der Waals surface area contributed by atoms with Crippen molar-refractivity contribution in [1.82, 2.24) is 15.1 Å². The molecular weight excluding hydrogens is 332 g/mol. The molecule has 0 saturated heterocycles. The van der Waals surface area contributed by atoms with Crippen LogP contribution in [0.2, 0.25) is 0 Å². The Morgan fingerprint density at radius 3 is 2.46 bits per heavy atom. The van der Waals surface area contributed by atoms with Crippen molar-refractivity contribution in [2.45, 2.75) is 6.54 Å². The number of carbonyl (C=O) groups is 2. The first-order valence-corrected chi connectivity index (χ1v) is 7.94. The number of rotatable bonds is 5. The predicted molar refractivity (Wildman–Crippen MR) is 96.9 cm³/mol. The number of anilines is 1. The highest BCUT2D eigenvalue weighted by Crippen LogP contribution is 2.17. The molecule has 7 heteroatoms. The van der Waals surface area contributed by atoms with Crippen molar-refractivity contribution in [2.75, 3.05) is 12.8 Å². The molecule has 2 aromatic carbocycles. The van der Waals surface area contributed by atoms with Crippen molar-refractivity contribution < 1.29 is 14.3 Å². The van der Waals surface area contributed by atoms with Crippen molar-refractivity contribution >= 4 is 17.7 Å². The van der Waals surface area contributed by atoms with E-state index in [0.29, 0.717) is 17.7 Å². The lowest BCUT2D eigenvalue weighted by Gasteiger charge is -2.07. The van der Waals surface area contributed by atoms with Gasteiger partial charge in [0, 0.05) is 6.54 Å². The van der Waals surface area contributed by atoms with Gasteiger partial charge in [0.15, 0.2) is 0 Å². The molecule has 0 saturated carbocycles. The fourth-order valence-corrected chi connectivity index (χ4v) is 2.46. The number of hydrogen-bond acceptors (Lipinski definition) is 5. The minimum absolute atomic E-state index is 0.273. The largest absolute Gasteiger partial charge is 0.465 e. The van der Waals surface area contributed by atoms with Crippen LogP contribution in [0.3, 0.4) is 0 Å². The van der Waals surface area contributed by atoms with Crippen molar-refractivity contribution in [3.05, 3.63) is 77.5 Å². The molecule has 0 aliphatic carbocycles. The molecule has 3 aromatic rings. The first-order valence-electron chi connectivity index (χ1n) is 7.94. The number of nitrogens with one attached hydrogen (secondary N) is 1. The Morgan fingerprint density at radius 2 is 1.81 bits per heavy atom. The number of nitrogen functional groups attached to an aromatic ring is 1. The predicted octanol–water partition coefficient (Wildman–Crippen LogP) is 2.17. The Morgan fingerprint density at radius 1 is 1.12 bits per heavy atom. The number of hydrogen-bond donors (Lipinski definition) is 2. The highest BCUT2D eigenvalue weighted by Gasteiger charge is 2.16. The van der Waals surface area contributed by atoms with Crippen LogP contribution in [0.5, 0.6) is 0 Å². The SMILES string of the molecule is COC(=O)c1ccc(CNC(=O)c2cnn(-c3ccccc3)c2N)cc1. The molecule has 132 valence electrons. The number of esters is 1. The zero-order valence-corrected chi connectivity index (χ0v) is 14.2. The topological polar surface area (TPSA) is 99.2 Å². The normalized spacial score (nSPS) is 10.3. The maximum atomic E-state index is 12.4. The Bertz CT molecular complexity index is 918. The van der Waals surface area contributed by atoms with E-state index >= 15 is 0 Å². The fraction of sp³-hybridized carbons (Fsp3) is 0.105. The second kappa shape index (κ2) is 7.52. The van der Waals surface area contributed by atoms with Crippen molar-refractivity contribution in [3.8, 4) is 5.69 Å². The smallest absolute Gasteiger partial charge is 0.337 e. The molecule has 3 rings (SSSR count). The average Bonchev–Trinajstić information content (AvgIpc) is 3.08. The van der Waals surface area contributed by atoms with Crippen LogP contribution in [-0.4, -0.2) is 28.8 Å². The van der Waals surface area contributed by atoms with Crippen LogP contribution >= 0.6 is 0 Å².